The largest absolute Gasteiger partial charge is 0.394 e. The molecular formula is C30H41N3O5. The summed E-state index contributed by atoms with van der Waals surface area (Å²) in [5, 5.41) is 10.4. The number of benzene rings is 1. The molecule has 3 amide bonds. The minimum absolute atomic E-state index is 0.167. The molecule has 1 spiro atoms. The molecule has 0 aliphatic carbocycles. The molecule has 0 radical (unpaired) electrons. The highest BCUT2D eigenvalue weighted by atomic mass is 16.5. The van der Waals surface area contributed by atoms with Crippen molar-refractivity contribution >= 4 is 17.7 Å². The Morgan fingerprint density at radius 2 is 1.87 bits per heavy atom. The van der Waals surface area contributed by atoms with Gasteiger partial charge in [0.15, 0.2) is 0 Å². The maximum Gasteiger partial charge on any atom is 0.249 e. The third-order valence-corrected chi connectivity index (χ3v) is 8.26. The monoisotopic (exact) mass is 523 g/mol. The summed E-state index contributed by atoms with van der Waals surface area (Å²) in [6.45, 7) is 12.4. The van der Waals surface area contributed by atoms with E-state index in [1.165, 1.54) is 0 Å². The van der Waals surface area contributed by atoms with Gasteiger partial charge in [-0.25, -0.2) is 0 Å². The normalized spacial score (nSPS) is 28.3. The fraction of sp³-hybridized carbons (Fsp3) is 0.567. The Labute approximate surface area is 225 Å². The van der Waals surface area contributed by atoms with E-state index in [1.54, 1.807) is 33.9 Å². The van der Waals surface area contributed by atoms with Gasteiger partial charge in [0.25, 0.3) is 0 Å². The molecule has 2 unspecified atom stereocenters. The Morgan fingerprint density at radius 1 is 1.18 bits per heavy atom. The van der Waals surface area contributed by atoms with Gasteiger partial charge in [-0.1, -0.05) is 56.3 Å². The van der Waals surface area contributed by atoms with Crippen molar-refractivity contribution < 1.29 is 24.2 Å². The van der Waals surface area contributed by atoms with Crippen molar-refractivity contribution in [3.05, 3.63) is 61.2 Å². The molecule has 3 heterocycles. The number of likely N-dealkylation sites (tertiary alicyclic amines) is 1. The highest BCUT2D eigenvalue weighted by Crippen LogP contribution is 2.59. The number of likely N-dealkylation sites (N-methyl/N-ethyl adjacent to an activating group) is 1. The lowest BCUT2D eigenvalue weighted by molar-refractivity contribution is -0.152. The number of rotatable bonds is 12. The van der Waals surface area contributed by atoms with Gasteiger partial charge in [0.1, 0.15) is 11.6 Å². The van der Waals surface area contributed by atoms with Crippen LogP contribution in [0.2, 0.25) is 0 Å². The van der Waals surface area contributed by atoms with Crippen LogP contribution < -0.4 is 0 Å². The van der Waals surface area contributed by atoms with Crippen LogP contribution in [0.4, 0.5) is 0 Å². The number of carbonyl (C=O) groups excluding carboxylic acids is 3. The summed E-state index contributed by atoms with van der Waals surface area (Å²) in [4.78, 5) is 47.1. The van der Waals surface area contributed by atoms with E-state index in [-0.39, 0.29) is 30.2 Å². The van der Waals surface area contributed by atoms with E-state index in [0.29, 0.717) is 38.9 Å². The molecule has 1 aromatic rings. The molecule has 1 N–H and O–H groups in total. The molecule has 4 rings (SSSR count). The predicted octanol–water partition coefficient (Wildman–Crippen LogP) is 2.63. The Morgan fingerprint density at radius 3 is 2.47 bits per heavy atom. The zero-order chi connectivity index (χ0) is 27.6. The molecule has 3 fully saturated rings. The molecule has 2 bridgehead atoms. The highest BCUT2D eigenvalue weighted by molar-refractivity contribution is 5.99. The van der Waals surface area contributed by atoms with Gasteiger partial charge in [-0.2, -0.15) is 0 Å². The topological polar surface area (TPSA) is 90.4 Å². The number of ether oxygens (including phenoxy) is 1. The summed E-state index contributed by atoms with van der Waals surface area (Å²) < 4.78 is 6.57. The Kier molecular flexibility index (Phi) is 8.43. The minimum Gasteiger partial charge on any atom is -0.394 e. The van der Waals surface area contributed by atoms with Crippen molar-refractivity contribution in [2.45, 2.75) is 63.4 Å². The molecule has 38 heavy (non-hydrogen) atoms. The number of hydrogen-bond donors (Lipinski definition) is 1. The smallest absolute Gasteiger partial charge is 0.249 e. The summed E-state index contributed by atoms with van der Waals surface area (Å²) in [7, 11) is 1.70. The van der Waals surface area contributed by atoms with E-state index in [2.05, 4.69) is 13.2 Å². The van der Waals surface area contributed by atoms with Crippen molar-refractivity contribution in [3.63, 3.8) is 0 Å². The lowest BCUT2D eigenvalue weighted by Gasteiger charge is -2.39. The maximum atomic E-state index is 14.5. The number of fused-ring (bicyclic) bond motifs is 1. The lowest BCUT2D eigenvalue weighted by atomic mass is 9.70. The number of carbonyl (C=O) groups is 3. The van der Waals surface area contributed by atoms with Crippen LogP contribution in [0, 0.1) is 17.8 Å². The average molecular weight is 524 g/mol. The SMILES string of the molecule is C=CCN(C)C(=O)[C@@H]1[C@@H]2CCC3(O2)C(C(=O)N(CC=C)Cc2ccccc2)N([C@@H](CO)CC(C)C)C(=O)[C@H]13. The fourth-order valence-electron chi connectivity index (χ4n) is 6.77. The lowest BCUT2D eigenvalue weighted by Crippen LogP contribution is -2.58. The zero-order valence-corrected chi connectivity index (χ0v) is 22.8. The second-order valence-corrected chi connectivity index (χ2v) is 11.3. The molecule has 6 atom stereocenters. The molecule has 3 aliphatic heterocycles. The van der Waals surface area contributed by atoms with Crippen LogP contribution in [-0.4, -0.2) is 88.1 Å². The van der Waals surface area contributed by atoms with E-state index in [0.717, 1.165) is 5.56 Å². The van der Waals surface area contributed by atoms with Crippen molar-refractivity contribution in [2.75, 3.05) is 26.7 Å². The van der Waals surface area contributed by atoms with Crippen LogP contribution in [0.25, 0.3) is 0 Å². The summed E-state index contributed by atoms with van der Waals surface area (Å²) in [5.41, 5.74) is -0.140. The minimum atomic E-state index is -1.10. The molecule has 206 valence electrons. The standard InChI is InChI=1S/C30H41N3O5/c1-6-15-31(5)27(35)24-23-13-14-30(38-23)25(24)28(36)33(22(19-34)17-20(3)4)26(30)29(37)32(16-7-2)18-21-11-9-8-10-12-21/h6-12,20,22-26,34H,1-2,13-19H2,3-5H3/t22-,23+,24-,25+,26?,30?/m1/s1. The fourth-order valence-corrected chi connectivity index (χ4v) is 6.77. The number of amides is 3. The first-order valence-corrected chi connectivity index (χ1v) is 13.6. The first-order chi connectivity index (χ1) is 18.2. The quantitative estimate of drug-likeness (QED) is 0.426. The Bertz CT molecular complexity index is 1060. The van der Waals surface area contributed by atoms with E-state index >= 15 is 0 Å². The molecule has 0 saturated carbocycles. The van der Waals surface area contributed by atoms with Crippen LogP contribution in [-0.2, 0) is 25.7 Å². The molecule has 8 nitrogen and oxygen atoms in total. The summed E-state index contributed by atoms with van der Waals surface area (Å²) >= 11 is 0. The van der Waals surface area contributed by atoms with Crippen molar-refractivity contribution in [3.8, 4) is 0 Å². The molecular weight excluding hydrogens is 482 g/mol. The highest BCUT2D eigenvalue weighted by Gasteiger charge is 2.75. The third-order valence-electron chi connectivity index (χ3n) is 8.26. The average Bonchev–Trinajstić information content (AvgIpc) is 3.54. The van der Waals surface area contributed by atoms with E-state index in [4.69, 9.17) is 4.74 Å². The van der Waals surface area contributed by atoms with E-state index < -0.39 is 35.6 Å². The van der Waals surface area contributed by atoms with Crippen LogP contribution in [0.3, 0.4) is 0 Å². The van der Waals surface area contributed by atoms with Crippen LogP contribution in [0.15, 0.2) is 55.6 Å². The molecule has 3 aliphatic rings. The molecule has 3 saturated heterocycles. The zero-order valence-electron chi connectivity index (χ0n) is 22.8. The number of aliphatic hydroxyl groups excluding tert-OH is 1. The van der Waals surface area contributed by atoms with Gasteiger partial charge in [-0.3, -0.25) is 14.4 Å². The van der Waals surface area contributed by atoms with Crippen molar-refractivity contribution in [2.24, 2.45) is 17.8 Å². The van der Waals surface area contributed by atoms with Gasteiger partial charge in [0, 0.05) is 26.7 Å². The third kappa shape index (κ3) is 4.80. The Balaban J connectivity index is 1.77. The first-order valence-electron chi connectivity index (χ1n) is 13.6. The Hall–Kier alpha value is -2.97. The van der Waals surface area contributed by atoms with Crippen LogP contribution >= 0.6 is 0 Å². The summed E-state index contributed by atoms with van der Waals surface area (Å²) in [5.74, 6) is -1.91. The number of nitrogens with zero attached hydrogens (tertiary/aromatic N) is 3. The number of aliphatic hydroxyl groups is 1. The maximum absolute atomic E-state index is 14.5. The molecule has 8 heteroatoms. The predicted molar refractivity (Wildman–Crippen MR) is 145 cm³/mol. The van der Waals surface area contributed by atoms with Gasteiger partial charge in [-0.05, 0) is 30.7 Å². The second-order valence-electron chi connectivity index (χ2n) is 11.3. The number of hydrogen-bond acceptors (Lipinski definition) is 5. The van der Waals surface area contributed by atoms with Gasteiger partial charge >= 0.3 is 0 Å². The van der Waals surface area contributed by atoms with Crippen LogP contribution in [0.1, 0.15) is 38.7 Å². The van der Waals surface area contributed by atoms with Crippen molar-refractivity contribution in [1.29, 1.82) is 0 Å². The van der Waals surface area contributed by atoms with Gasteiger partial charge in [0.2, 0.25) is 17.7 Å². The summed E-state index contributed by atoms with van der Waals surface area (Å²) in [6, 6.07) is 8.21. The molecule has 0 aromatic heterocycles. The van der Waals surface area contributed by atoms with E-state index in [9.17, 15) is 19.5 Å². The van der Waals surface area contributed by atoms with Gasteiger partial charge in [0.05, 0.1) is 30.6 Å². The van der Waals surface area contributed by atoms with Gasteiger partial charge in [-0.15, -0.1) is 13.2 Å². The first kappa shape index (κ1) is 28.0. The van der Waals surface area contributed by atoms with Crippen LogP contribution in [0.5, 0.6) is 0 Å². The van der Waals surface area contributed by atoms with E-state index in [1.807, 2.05) is 44.2 Å². The second kappa shape index (κ2) is 11.4. The summed E-state index contributed by atoms with van der Waals surface area (Å²) in [6.07, 6.45) is 4.57. The van der Waals surface area contributed by atoms with Gasteiger partial charge < -0.3 is 24.5 Å². The molecule has 1 aromatic carbocycles. The van der Waals surface area contributed by atoms with Crippen molar-refractivity contribution in [1.82, 2.24) is 14.7 Å².